The molecule has 0 heterocycles. The Morgan fingerprint density at radius 3 is 0.569 bits per heavy atom. The minimum Gasteiger partial charge on any atom is -0.0622 e. The van der Waals surface area contributed by atoms with E-state index in [2.05, 4.69) is 461 Å². The molecule has 0 saturated carbocycles. The van der Waals surface area contributed by atoms with Gasteiger partial charge in [-0.05, 0) is 292 Å². The summed E-state index contributed by atoms with van der Waals surface area (Å²) in [4.78, 5) is 0. The molecule has 0 N–H and O–H groups in total. The summed E-state index contributed by atoms with van der Waals surface area (Å²) in [5.74, 6) is 0. The molecule has 0 heteroatoms. The van der Waals surface area contributed by atoms with Gasteiger partial charge < -0.3 is 0 Å². The van der Waals surface area contributed by atoms with Gasteiger partial charge in [0.2, 0.25) is 0 Å². The second-order valence-corrected chi connectivity index (χ2v) is 30.5. The summed E-state index contributed by atoms with van der Waals surface area (Å²) in [6.45, 7) is 0. The van der Waals surface area contributed by atoms with E-state index in [1.165, 1.54) is 220 Å². The third-order valence-corrected chi connectivity index (χ3v) is 23.6. The SMILES string of the molecule is c1ccc(-c2cc(-c3ccccc3)cc(-c3ccc(-c4ccc5ccc(-c6c7ccccc7c(-c7ccccc7)c7ccccc67)cc5c4)c4ccccc34)c2)cc1.c1ccc(-c2cc(-c3ccccc3)cc(-c3ccc4ccc(-c5ccc6ccc(-c7c8ccccc8c(-c8ccccc8)c8ccccc78)cc6c5)cc4c3)c2)cc1. The maximum Gasteiger partial charge on any atom is -0.00262 e. The summed E-state index contributed by atoms with van der Waals surface area (Å²) in [7, 11) is 0. The predicted octanol–water partition coefficient (Wildman–Crippen LogP) is 32.6. The van der Waals surface area contributed by atoms with Crippen molar-refractivity contribution in [3.8, 4) is 134 Å². The van der Waals surface area contributed by atoms with Crippen LogP contribution in [0.25, 0.3) is 220 Å². The van der Waals surface area contributed by atoms with Gasteiger partial charge >= 0.3 is 0 Å². The van der Waals surface area contributed by atoms with Crippen LogP contribution in [-0.4, -0.2) is 0 Å². The third-order valence-electron chi connectivity index (χ3n) is 23.6. The average Bonchev–Trinajstić information content (AvgIpc) is 0.740. The summed E-state index contributed by atoms with van der Waals surface area (Å²) in [6, 6.07) is 169. The molecule has 0 aromatic heterocycles. The molecule has 22 rings (SSSR count). The summed E-state index contributed by atoms with van der Waals surface area (Å²) in [5, 5.41) is 20.0. The van der Waals surface area contributed by atoms with E-state index in [9.17, 15) is 0 Å². The summed E-state index contributed by atoms with van der Waals surface area (Å²) >= 11 is 0. The zero-order valence-corrected chi connectivity index (χ0v) is 63.9. The van der Waals surface area contributed by atoms with Crippen LogP contribution in [0.3, 0.4) is 0 Å². The van der Waals surface area contributed by atoms with E-state index in [0.29, 0.717) is 0 Å². The Morgan fingerprint density at radius 2 is 0.276 bits per heavy atom. The number of benzene rings is 22. The molecule has 0 amide bonds. The molecule has 22 aromatic carbocycles. The number of hydrogen-bond donors (Lipinski definition) is 0. The van der Waals surface area contributed by atoms with Crippen molar-refractivity contribution in [3.63, 3.8) is 0 Å². The fourth-order valence-corrected chi connectivity index (χ4v) is 18.0. The summed E-state index contributed by atoms with van der Waals surface area (Å²) < 4.78 is 0. The van der Waals surface area contributed by atoms with Crippen LogP contribution in [0.1, 0.15) is 0 Å². The first-order valence-corrected chi connectivity index (χ1v) is 40.2. The van der Waals surface area contributed by atoms with Crippen LogP contribution in [0.2, 0.25) is 0 Å². The number of hydrogen-bond acceptors (Lipinski definition) is 0. The summed E-state index contributed by atoms with van der Waals surface area (Å²) in [6.07, 6.45) is 0. The normalized spacial score (nSPS) is 11.4. The number of rotatable bonds is 12. The second kappa shape index (κ2) is 29.9. The highest BCUT2D eigenvalue weighted by molar-refractivity contribution is 6.24. The van der Waals surface area contributed by atoms with E-state index in [1.807, 2.05) is 0 Å². The van der Waals surface area contributed by atoms with Crippen LogP contribution in [0.15, 0.2) is 461 Å². The highest BCUT2D eigenvalue weighted by atomic mass is 14.2. The van der Waals surface area contributed by atoms with Gasteiger partial charge in [-0.3, -0.25) is 0 Å². The lowest BCUT2D eigenvalue weighted by Gasteiger charge is -2.18. The molecule has 0 spiro atoms. The first kappa shape index (κ1) is 68.9. The molecule has 540 valence electrons. The van der Waals surface area contributed by atoms with E-state index in [1.54, 1.807) is 0 Å². The van der Waals surface area contributed by atoms with Gasteiger partial charge in [0.05, 0.1) is 0 Å². The van der Waals surface area contributed by atoms with Crippen LogP contribution in [0, 0.1) is 0 Å². The molecule has 0 unspecified atom stereocenters. The van der Waals surface area contributed by atoms with Crippen molar-refractivity contribution >= 4 is 86.2 Å². The zero-order valence-electron chi connectivity index (χ0n) is 63.9. The highest BCUT2D eigenvalue weighted by Crippen LogP contribution is 2.48. The Morgan fingerprint density at radius 1 is 0.0862 bits per heavy atom. The fraction of sp³-hybridized carbons (Fsp3) is 0. The van der Waals surface area contributed by atoms with Gasteiger partial charge in [0.1, 0.15) is 0 Å². The van der Waals surface area contributed by atoms with E-state index < -0.39 is 0 Å². The van der Waals surface area contributed by atoms with Crippen LogP contribution in [-0.2, 0) is 0 Å². The Kier molecular flexibility index (Phi) is 17.7. The van der Waals surface area contributed by atoms with Crippen molar-refractivity contribution in [2.75, 3.05) is 0 Å². The molecule has 0 aliphatic rings. The fourth-order valence-electron chi connectivity index (χ4n) is 18.0. The van der Waals surface area contributed by atoms with E-state index in [4.69, 9.17) is 0 Å². The third kappa shape index (κ3) is 12.9. The van der Waals surface area contributed by atoms with Crippen LogP contribution in [0.5, 0.6) is 0 Å². The standard InChI is InChI=1S/2C58H38/c1-4-14-39(15-5-1)50-36-51(40-16-6-2-7-17-40)38-52(37-50)46-30-26-41-24-28-44(32-48(41)34-46)45-29-25-42-27-31-47(35-49(42)33-45)58-55-22-12-10-20-53(55)57(43-18-8-3-9-19-43)54-21-11-13-23-56(54)58;1-4-16-39(17-5-1)46-36-47(40-18-6-2-7-19-40)38-48(37-46)50-33-32-49(51-22-10-11-23-52(50)51)43-30-28-41-29-31-44(35-45(41)34-43)58-55-26-14-12-24-53(55)57(42-20-8-3-9-21-42)54-25-13-15-27-56(54)58/h2*1-38H. The van der Waals surface area contributed by atoms with Crippen molar-refractivity contribution in [2.24, 2.45) is 0 Å². The molecule has 22 aromatic rings. The first-order chi connectivity index (χ1) is 57.5. The highest BCUT2D eigenvalue weighted by Gasteiger charge is 2.21. The molecule has 0 atom stereocenters. The van der Waals surface area contributed by atoms with Gasteiger partial charge in [-0.15, -0.1) is 0 Å². The Bertz CT molecular complexity index is 7280. The zero-order chi connectivity index (χ0) is 76.8. The van der Waals surface area contributed by atoms with Crippen LogP contribution in [0.4, 0.5) is 0 Å². The number of fused-ring (bicyclic) bond motifs is 8. The van der Waals surface area contributed by atoms with E-state index in [-0.39, 0.29) is 0 Å². The van der Waals surface area contributed by atoms with Crippen LogP contribution >= 0.6 is 0 Å². The van der Waals surface area contributed by atoms with Crippen molar-refractivity contribution in [1.82, 2.24) is 0 Å². The molecule has 0 fully saturated rings. The van der Waals surface area contributed by atoms with E-state index >= 15 is 0 Å². The van der Waals surface area contributed by atoms with Crippen molar-refractivity contribution in [1.29, 1.82) is 0 Å². The Labute approximate surface area is 676 Å². The van der Waals surface area contributed by atoms with Crippen molar-refractivity contribution in [2.45, 2.75) is 0 Å². The minimum absolute atomic E-state index is 1.21. The Balaban J connectivity index is 0.000000145. The predicted molar refractivity (Wildman–Crippen MR) is 498 cm³/mol. The molecule has 0 aliphatic carbocycles. The van der Waals surface area contributed by atoms with Gasteiger partial charge in [0.25, 0.3) is 0 Å². The van der Waals surface area contributed by atoms with Gasteiger partial charge in [0, 0.05) is 0 Å². The molecule has 116 heavy (non-hydrogen) atoms. The first-order valence-electron chi connectivity index (χ1n) is 40.2. The maximum absolute atomic E-state index is 2.39. The second-order valence-electron chi connectivity index (χ2n) is 30.5. The summed E-state index contributed by atoms with van der Waals surface area (Å²) in [5.41, 5.74) is 29.5. The molecular formula is C116H76. The van der Waals surface area contributed by atoms with Crippen LogP contribution < -0.4 is 0 Å². The van der Waals surface area contributed by atoms with Gasteiger partial charge in [-0.25, -0.2) is 0 Å². The lowest BCUT2D eigenvalue weighted by Crippen LogP contribution is -1.91. The molecule has 0 nitrogen and oxygen atoms in total. The topological polar surface area (TPSA) is 0 Å². The van der Waals surface area contributed by atoms with Gasteiger partial charge in [0.15, 0.2) is 0 Å². The molecule has 0 radical (unpaired) electrons. The molecule has 0 bridgehead atoms. The minimum atomic E-state index is 1.21. The van der Waals surface area contributed by atoms with Crippen molar-refractivity contribution < 1.29 is 0 Å². The molecule has 0 saturated heterocycles. The maximum atomic E-state index is 2.39. The smallest absolute Gasteiger partial charge is 0.00262 e. The monoisotopic (exact) mass is 1470 g/mol. The largest absolute Gasteiger partial charge is 0.0622 e. The Hall–Kier alpha value is -15.1. The van der Waals surface area contributed by atoms with Crippen molar-refractivity contribution in [3.05, 3.63) is 461 Å². The van der Waals surface area contributed by atoms with Gasteiger partial charge in [-0.2, -0.15) is 0 Å². The lowest BCUT2D eigenvalue weighted by atomic mass is 9.85. The molecule has 0 aliphatic heterocycles. The molecular weight excluding hydrogens is 1390 g/mol. The van der Waals surface area contributed by atoms with Gasteiger partial charge in [-0.1, -0.05) is 388 Å². The lowest BCUT2D eigenvalue weighted by molar-refractivity contribution is 1.57. The van der Waals surface area contributed by atoms with E-state index in [0.717, 1.165) is 0 Å². The quantitative estimate of drug-likeness (QED) is 0.107. The average molecular weight is 1470 g/mol.